The Morgan fingerprint density at radius 2 is 1.95 bits per heavy atom. The molecule has 1 aromatic carbocycles. The molecule has 1 saturated carbocycles. The predicted octanol–water partition coefficient (Wildman–Crippen LogP) is 3.68. The fourth-order valence-corrected chi connectivity index (χ4v) is 3.88. The van der Waals surface area contributed by atoms with Gasteiger partial charge in [0.1, 0.15) is 5.82 Å². The Morgan fingerprint density at radius 3 is 2.75 bits per heavy atom. The van der Waals surface area contributed by atoms with Crippen molar-refractivity contribution in [3.05, 3.63) is 29.6 Å². The summed E-state index contributed by atoms with van der Waals surface area (Å²) in [6.07, 6.45) is 6.87. The fourth-order valence-electron chi connectivity index (χ4n) is 3.88. The van der Waals surface area contributed by atoms with Crippen molar-refractivity contribution in [1.29, 1.82) is 0 Å². The van der Waals surface area contributed by atoms with Gasteiger partial charge in [0.15, 0.2) is 0 Å². The van der Waals surface area contributed by atoms with E-state index in [1.165, 1.54) is 37.5 Å². The first-order chi connectivity index (χ1) is 9.68. The number of hydrogen-bond donors (Lipinski definition) is 1. The van der Waals surface area contributed by atoms with Crippen molar-refractivity contribution in [3.63, 3.8) is 0 Å². The summed E-state index contributed by atoms with van der Waals surface area (Å²) >= 11 is 0. The number of fused-ring (bicyclic) bond motifs is 1. The number of carboxylic acid groups (broad SMARTS) is 1. The SMILES string of the molecule is O=C(O)c1cccc(F)c1N1CCCC2CCCCC21. The van der Waals surface area contributed by atoms with E-state index in [-0.39, 0.29) is 5.56 Å². The van der Waals surface area contributed by atoms with Gasteiger partial charge in [0.25, 0.3) is 0 Å². The van der Waals surface area contributed by atoms with Gasteiger partial charge in [0, 0.05) is 12.6 Å². The normalized spacial score (nSPS) is 26.1. The summed E-state index contributed by atoms with van der Waals surface area (Å²) < 4.78 is 14.2. The van der Waals surface area contributed by atoms with Gasteiger partial charge in [-0.05, 0) is 43.7 Å². The van der Waals surface area contributed by atoms with Gasteiger partial charge in [-0.1, -0.05) is 18.9 Å². The summed E-state index contributed by atoms with van der Waals surface area (Å²) in [5.41, 5.74) is 0.396. The molecule has 3 rings (SSSR count). The average molecular weight is 277 g/mol. The number of anilines is 1. The van der Waals surface area contributed by atoms with Crippen LogP contribution in [0.1, 0.15) is 48.9 Å². The van der Waals surface area contributed by atoms with E-state index < -0.39 is 11.8 Å². The van der Waals surface area contributed by atoms with E-state index in [2.05, 4.69) is 0 Å². The Labute approximate surface area is 118 Å². The minimum absolute atomic E-state index is 0.0937. The lowest BCUT2D eigenvalue weighted by Crippen LogP contribution is -2.47. The molecule has 4 heteroatoms. The maximum Gasteiger partial charge on any atom is 0.337 e. The van der Waals surface area contributed by atoms with Crippen LogP contribution in [0.5, 0.6) is 0 Å². The van der Waals surface area contributed by atoms with Gasteiger partial charge in [0.05, 0.1) is 11.3 Å². The van der Waals surface area contributed by atoms with Crippen LogP contribution in [-0.2, 0) is 0 Å². The van der Waals surface area contributed by atoms with E-state index in [4.69, 9.17) is 0 Å². The van der Waals surface area contributed by atoms with Crippen molar-refractivity contribution < 1.29 is 14.3 Å². The van der Waals surface area contributed by atoms with E-state index in [0.29, 0.717) is 17.6 Å². The maximum atomic E-state index is 14.2. The van der Waals surface area contributed by atoms with Crippen molar-refractivity contribution in [2.24, 2.45) is 5.92 Å². The molecule has 1 N–H and O–H groups in total. The topological polar surface area (TPSA) is 40.5 Å². The van der Waals surface area contributed by atoms with Gasteiger partial charge in [0.2, 0.25) is 0 Å². The monoisotopic (exact) mass is 277 g/mol. The number of nitrogens with zero attached hydrogens (tertiary/aromatic N) is 1. The Hall–Kier alpha value is -1.58. The third-order valence-corrected chi connectivity index (χ3v) is 4.75. The second-order valence-electron chi connectivity index (χ2n) is 5.89. The summed E-state index contributed by atoms with van der Waals surface area (Å²) in [7, 11) is 0. The lowest BCUT2D eigenvalue weighted by Gasteiger charge is -2.45. The second-order valence-corrected chi connectivity index (χ2v) is 5.89. The standard InChI is InChI=1S/C16H20FNO2/c17-13-8-3-7-12(16(19)20)15(13)18-10-4-6-11-5-1-2-9-14(11)18/h3,7-8,11,14H,1-2,4-6,9-10H2,(H,19,20). The zero-order valence-corrected chi connectivity index (χ0v) is 11.5. The molecule has 0 amide bonds. The van der Waals surface area contributed by atoms with E-state index in [1.54, 1.807) is 0 Å². The van der Waals surface area contributed by atoms with Crippen molar-refractivity contribution in [3.8, 4) is 0 Å². The number of para-hydroxylation sites is 1. The number of carboxylic acids is 1. The highest BCUT2D eigenvalue weighted by Crippen LogP contribution is 2.39. The molecule has 1 aliphatic carbocycles. The minimum Gasteiger partial charge on any atom is -0.478 e. The molecule has 2 fully saturated rings. The Morgan fingerprint density at radius 1 is 1.20 bits per heavy atom. The van der Waals surface area contributed by atoms with Crippen LogP contribution in [0.2, 0.25) is 0 Å². The summed E-state index contributed by atoms with van der Waals surface area (Å²) in [5.74, 6) is -0.854. The average Bonchev–Trinajstić information content (AvgIpc) is 2.46. The molecular weight excluding hydrogens is 257 g/mol. The van der Waals surface area contributed by atoms with Gasteiger partial charge in [-0.3, -0.25) is 0 Å². The zero-order valence-electron chi connectivity index (χ0n) is 11.5. The highest BCUT2D eigenvalue weighted by Gasteiger charge is 2.35. The van der Waals surface area contributed by atoms with Crippen LogP contribution in [0, 0.1) is 11.7 Å². The Kier molecular flexibility index (Phi) is 3.64. The minimum atomic E-state index is -1.04. The molecule has 1 heterocycles. The van der Waals surface area contributed by atoms with Crippen LogP contribution in [0.3, 0.4) is 0 Å². The molecule has 108 valence electrons. The van der Waals surface area contributed by atoms with Crippen molar-refractivity contribution in [2.75, 3.05) is 11.4 Å². The quantitative estimate of drug-likeness (QED) is 0.896. The number of hydrogen-bond acceptors (Lipinski definition) is 2. The molecule has 0 radical (unpaired) electrons. The molecule has 0 aromatic heterocycles. The van der Waals surface area contributed by atoms with Gasteiger partial charge < -0.3 is 10.0 Å². The van der Waals surface area contributed by atoms with Crippen molar-refractivity contribution >= 4 is 11.7 Å². The number of benzene rings is 1. The Bertz CT molecular complexity index is 515. The van der Waals surface area contributed by atoms with Crippen molar-refractivity contribution in [2.45, 2.75) is 44.6 Å². The van der Waals surface area contributed by atoms with Gasteiger partial charge in [-0.2, -0.15) is 0 Å². The summed E-state index contributed by atoms with van der Waals surface area (Å²) in [5, 5.41) is 9.32. The van der Waals surface area contributed by atoms with Gasteiger partial charge in [-0.25, -0.2) is 9.18 Å². The van der Waals surface area contributed by atoms with E-state index in [1.807, 2.05) is 4.90 Å². The second kappa shape index (κ2) is 5.43. The van der Waals surface area contributed by atoms with E-state index >= 15 is 0 Å². The number of piperidine rings is 1. The first-order valence-corrected chi connectivity index (χ1v) is 7.47. The first-order valence-electron chi connectivity index (χ1n) is 7.47. The number of rotatable bonds is 2. The van der Waals surface area contributed by atoms with Crippen LogP contribution in [-0.4, -0.2) is 23.7 Å². The van der Waals surface area contributed by atoms with Gasteiger partial charge in [-0.15, -0.1) is 0 Å². The number of carbonyl (C=O) groups is 1. The van der Waals surface area contributed by atoms with E-state index in [9.17, 15) is 14.3 Å². The fraction of sp³-hybridized carbons (Fsp3) is 0.562. The lowest BCUT2D eigenvalue weighted by molar-refractivity contribution is 0.0696. The molecule has 0 spiro atoms. The molecular formula is C16H20FNO2. The van der Waals surface area contributed by atoms with Crippen LogP contribution in [0.4, 0.5) is 10.1 Å². The summed E-state index contributed by atoms with van der Waals surface area (Å²) in [6.45, 7) is 0.766. The highest BCUT2D eigenvalue weighted by molar-refractivity contribution is 5.94. The highest BCUT2D eigenvalue weighted by atomic mass is 19.1. The molecule has 1 saturated heterocycles. The maximum absolute atomic E-state index is 14.2. The molecule has 1 aliphatic heterocycles. The Balaban J connectivity index is 2.00. The number of aromatic carboxylic acids is 1. The molecule has 20 heavy (non-hydrogen) atoms. The largest absolute Gasteiger partial charge is 0.478 e. The molecule has 2 atom stereocenters. The molecule has 2 aliphatic rings. The van der Waals surface area contributed by atoms with Crippen LogP contribution in [0.25, 0.3) is 0 Å². The summed E-state index contributed by atoms with van der Waals surface area (Å²) in [4.78, 5) is 13.4. The van der Waals surface area contributed by atoms with Gasteiger partial charge >= 0.3 is 5.97 Å². The van der Waals surface area contributed by atoms with Crippen LogP contribution < -0.4 is 4.90 Å². The van der Waals surface area contributed by atoms with Crippen LogP contribution in [0.15, 0.2) is 18.2 Å². The van der Waals surface area contributed by atoms with Crippen molar-refractivity contribution in [1.82, 2.24) is 0 Å². The smallest absolute Gasteiger partial charge is 0.337 e. The predicted molar refractivity (Wildman–Crippen MR) is 75.7 cm³/mol. The zero-order chi connectivity index (χ0) is 14.1. The number of halogens is 1. The molecule has 3 nitrogen and oxygen atoms in total. The third-order valence-electron chi connectivity index (χ3n) is 4.75. The molecule has 1 aromatic rings. The molecule has 2 unspecified atom stereocenters. The lowest BCUT2D eigenvalue weighted by atomic mass is 9.78. The molecule has 0 bridgehead atoms. The van der Waals surface area contributed by atoms with E-state index in [0.717, 1.165) is 25.8 Å². The summed E-state index contributed by atoms with van der Waals surface area (Å²) in [6, 6.07) is 4.67. The van der Waals surface area contributed by atoms with Crippen LogP contribution >= 0.6 is 0 Å². The third kappa shape index (κ3) is 2.28. The first kappa shape index (κ1) is 13.4.